The minimum absolute atomic E-state index is 0.0602. The van der Waals surface area contributed by atoms with Crippen molar-refractivity contribution in [3.05, 3.63) is 35.4 Å². The molecule has 3 nitrogen and oxygen atoms in total. The van der Waals surface area contributed by atoms with Gasteiger partial charge in [0.1, 0.15) is 5.75 Å². The molecule has 1 aliphatic rings. The predicted molar refractivity (Wildman–Crippen MR) is 70.6 cm³/mol. The fraction of sp³-hybridized carbons (Fsp3) is 0.400. The van der Waals surface area contributed by atoms with E-state index in [9.17, 15) is 4.79 Å². The highest BCUT2D eigenvalue weighted by atomic mass is 16.5. The molecule has 1 aromatic rings. The lowest BCUT2D eigenvalue weighted by molar-refractivity contribution is -0.134. The molecule has 2 rings (SSSR count). The summed E-state index contributed by atoms with van der Waals surface area (Å²) in [6.45, 7) is 5.14. The molecule has 0 saturated carbocycles. The fourth-order valence-electron chi connectivity index (χ4n) is 2.30. The highest BCUT2D eigenvalue weighted by molar-refractivity contribution is 5.87. The number of fused-ring (bicyclic) bond motifs is 1. The Morgan fingerprint density at radius 2 is 2.22 bits per heavy atom. The Kier molecular flexibility index (Phi) is 3.41. The molecule has 0 saturated heterocycles. The van der Waals surface area contributed by atoms with Crippen molar-refractivity contribution >= 4 is 12.0 Å². The van der Waals surface area contributed by atoms with Crippen molar-refractivity contribution in [2.75, 3.05) is 13.7 Å². The summed E-state index contributed by atoms with van der Waals surface area (Å²) in [6.07, 6.45) is 4.21. The number of hydrogen-bond acceptors (Lipinski definition) is 3. The average molecular weight is 246 g/mol. The number of rotatable bonds is 2. The molecule has 0 N–H and O–H groups in total. The predicted octanol–water partition coefficient (Wildman–Crippen LogP) is 2.93. The van der Waals surface area contributed by atoms with Gasteiger partial charge in [-0.1, -0.05) is 26.0 Å². The number of hydrogen-bond donors (Lipinski definition) is 0. The number of ether oxygens (including phenoxy) is 2. The Hall–Kier alpha value is -1.77. The van der Waals surface area contributed by atoms with Crippen LogP contribution in [0.25, 0.3) is 6.08 Å². The zero-order valence-electron chi connectivity index (χ0n) is 11.0. The fourth-order valence-corrected chi connectivity index (χ4v) is 2.30. The lowest BCUT2D eigenvalue weighted by Gasteiger charge is -2.33. The van der Waals surface area contributed by atoms with Crippen LogP contribution >= 0.6 is 0 Å². The first-order valence-electron chi connectivity index (χ1n) is 6.07. The standard InChI is InChI=1S/C15H18O3/c1-15(2)9-10-18-12-6-4-5-11(14(12)15)7-8-13(16)17-3/h4-8H,9-10H2,1-3H3/b8-7+. The second kappa shape index (κ2) is 4.84. The topological polar surface area (TPSA) is 35.5 Å². The molecule has 0 fully saturated rings. The summed E-state index contributed by atoms with van der Waals surface area (Å²) in [5, 5.41) is 0. The van der Waals surface area contributed by atoms with E-state index in [4.69, 9.17) is 4.74 Å². The Morgan fingerprint density at radius 1 is 1.44 bits per heavy atom. The molecule has 1 aliphatic heterocycles. The molecular formula is C15H18O3. The van der Waals surface area contributed by atoms with Gasteiger partial charge in [0.25, 0.3) is 0 Å². The van der Waals surface area contributed by atoms with Crippen molar-refractivity contribution in [1.82, 2.24) is 0 Å². The van der Waals surface area contributed by atoms with Gasteiger partial charge in [-0.25, -0.2) is 4.79 Å². The number of carbonyl (C=O) groups is 1. The quantitative estimate of drug-likeness (QED) is 0.594. The first kappa shape index (κ1) is 12.7. The van der Waals surface area contributed by atoms with Gasteiger partial charge < -0.3 is 9.47 Å². The van der Waals surface area contributed by atoms with E-state index in [0.717, 1.165) is 29.9 Å². The van der Waals surface area contributed by atoms with Crippen LogP contribution in [-0.2, 0) is 14.9 Å². The third kappa shape index (κ3) is 2.40. The molecular weight excluding hydrogens is 228 g/mol. The minimum Gasteiger partial charge on any atom is -0.493 e. The maximum Gasteiger partial charge on any atom is 0.330 e. The van der Waals surface area contributed by atoms with Crippen LogP contribution in [0.15, 0.2) is 24.3 Å². The summed E-state index contributed by atoms with van der Waals surface area (Å²) in [4.78, 5) is 11.2. The SMILES string of the molecule is COC(=O)/C=C/c1cccc2c1C(C)(C)CCO2. The van der Waals surface area contributed by atoms with Crippen LogP contribution < -0.4 is 4.74 Å². The molecule has 0 aromatic heterocycles. The monoisotopic (exact) mass is 246 g/mol. The first-order chi connectivity index (χ1) is 8.54. The third-order valence-corrected chi connectivity index (χ3v) is 3.32. The summed E-state index contributed by atoms with van der Waals surface area (Å²) in [5.41, 5.74) is 2.24. The van der Waals surface area contributed by atoms with Crippen molar-refractivity contribution in [1.29, 1.82) is 0 Å². The highest BCUT2D eigenvalue weighted by Crippen LogP contribution is 2.40. The van der Waals surface area contributed by atoms with E-state index in [2.05, 4.69) is 18.6 Å². The average Bonchev–Trinajstić information content (AvgIpc) is 2.35. The summed E-state index contributed by atoms with van der Waals surface area (Å²) in [6, 6.07) is 5.91. The van der Waals surface area contributed by atoms with Crippen molar-refractivity contribution in [3.63, 3.8) is 0 Å². The van der Waals surface area contributed by atoms with Gasteiger partial charge in [0, 0.05) is 11.6 Å². The van der Waals surface area contributed by atoms with Gasteiger partial charge in [-0.3, -0.25) is 0 Å². The molecule has 3 heteroatoms. The molecule has 1 aromatic carbocycles. The number of methoxy groups -OCH3 is 1. The smallest absolute Gasteiger partial charge is 0.330 e. The third-order valence-electron chi connectivity index (χ3n) is 3.32. The Bertz CT molecular complexity index is 487. The van der Waals surface area contributed by atoms with Gasteiger partial charge in [0.15, 0.2) is 0 Å². The van der Waals surface area contributed by atoms with Crippen LogP contribution in [-0.4, -0.2) is 19.7 Å². The number of esters is 1. The summed E-state index contributed by atoms with van der Waals surface area (Å²) in [7, 11) is 1.38. The minimum atomic E-state index is -0.345. The zero-order chi connectivity index (χ0) is 13.2. The van der Waals surface area contributed by atoms with E-state index in [1.54, 1.807) is 6.08 Å². The molecule has 0 unspecified atom stereocenters. The van der Waals surface area contributed by atoms with Crippen LogP contribution in [0.3, 0.4) is 0 Å². The van der Waals surface area contributed by atoms with E-state index in [1.165, 1.54) is 13.2 Å². The van der Waals surface area contributed by atoms with Crippen LogP contribution in [0.1, 0.15) is 31.4 Å². The van der Waals surface area contributed by atoms with Crippen LogP contribution in [0.5, 0.6) is 5.75 Å². The van der Waals surface area contributed by atoms with Gasteiger partial charge in [-0.15, -0.1) is 0 Å². The van der Waals surface area contributed by atoms with Gasteiger partial charge in [-0.05, 0) is 29.5 Å². The molecule has 0 bridgehead atoms. The molecule has 0 radical (unpaired) electrons. The lowest BCUT2D eigenvalue weighted by Crippen LogP contribution is -2.27. The van der Waals surface area contributed by atoms with E-state index >= 15 is 0 Å². The normalized spacial score (nSPS) is 17.1. The van der Waals surface area contributed by atoms with Crippen LogP contribution in [0, 0.1) is 0 Å². The summed E-state index contributed by atoms with van der Waals surface area (Å²) >= 11 is 0. The van der Waals surface area contributed by atoms with Gasteiger partial charge in [-0.2, -0.15) is 0 Å². The van der Waals surface area contributed by atoms with Gasteiger partial charge >= 0.3 is 5.97 Å². The highest BCUT2D eigenvalue weighted by Gasteiger charge is 2.30. The van der Waals surface area contributed by atoms with E-state index in [-0.39, 0.29) is 11.4 Å². The molecule has 96 valence electrons. The van der Waals surface area contributed by atoms with E-state index in [1.807, 2.05) is 18.2 Å². The molecule has 1 heterocycles. The lowest BCUT2D eigenvalue weighted by atomic mass is 9.77. The van der Waals surface area contributed by atoms with Crippen LogP contribution in [0.2, 0.25) is 0 Å². The zero-order valence-corrected chi connectivity index (χ0v) is 11.0. The molecule has 0 spiro atoms. The Balaban J connectivity index is 2.43. The first-order valence-corrected chi connectivity index (χ1v) is 6.07. The van der Waals surface area contributed by atoms with Gasteiger partial charge in [0.05, 0.1) is 13.7 Å². The van der Waals surface area contributed by atoms with Crippen molar-refractivity contribution in [2.24, 2.45) is 0 Å². The van der Waals surface area contributed by atoms with Crippen molar-refractivity contribution in [2.45, 2.75) is 25.7 Å². The maximum absolute atomic E-state index is 11.2. The van der Waals surface area contributed by atoms with Gasteiger partial charge in [0.2, 0.25) is 0 Å². The number of carbonyl (C=O) groups excluding carboxylic acids is 1. The van der Waals surface area contributed by atoms with Crippen LogP contribution in [0.4, 0.5) is 0 Å². The molecule has 0 amide bonds. The summed E-state index contributed by atoms with van der Waals surface area (Å²) in [5.74, 6) is 0.570. The molecule has 0 atom stereocenters. The Labute approximate surface area is 107 Å². The summed E-state index contributed by atoms with van der Waals surface area (Å²) < 4.78 is 10.3. The number of benzene rings is 1. The largest absolute Gasteiger partial charge is 0.493 e. The second-order valence-electron chi connectivity index (χ2n) is 5.06. The molecule has 18 heavy (non-hydrogen) atoms. The molecule has 0 aliphatic carbocycles. The maximum atomic E-state index is 11.2. The van der Waals surface area contributed by atoms with Crippen molar-refractivity contribution < 1.29 is 14.3 Å². The van der Waals surface area contributed by atoms with Crippen molar-refractivity contribution in [3.8, 4) is 5.75 Å². The second-order valence-corrected chi connectivity index (χ2v) is 5.06. The Morgan fingerprint density at radius 3 is 2.94 bits per heavy atom. The van der Waals surface area contributed by atoms with E-state index in [0.29, 0.717) is 0 Å². The van der Waals surface area contributed by atoms with E-state index < -0.39 is 0 Å².